The average Bonchev–Trinajstić information content (AvgIpc) is 3.32. The highest BCUT2D eigenvalue weighted by atomic mass is 32.2. The van der Waals surface area contributed by atoms with Crippen LogP contribution in [0.5, 0.6) is 5.75 Å². The van der Waals surface area contributed by atoms with Crippen LogP contribution < -0.4 is 4.74 Å². The minimum Gasteiger partial charge on any atom is -0.491 e. The number of epoxide rings is 1. The standard InChI is InChI=1S/C17H18O4S/c1-12-6-7-13(2)17(8-12)22(18,19)16-5-3-4-14(9-16)20-10-15-11-21-15/h3-9,15H,10-11H2,1-2H3. The monoisotopic (exact) mass is 318 g/mol. The molecule has 1 heterocycles. The molecule has 1 aliphatic rings. The molecule has 0 bridgehead atoms. The van der Waals surface area contributed by atoms with E-state index in [9.17, 15) is 8.42 Å². The molecule has 1 saturated heterocycles. The summed E-state index contributed by atoms with van der Waals surface area (Å²) in [5, 5.41) is 0. The molecular formula is C17H18O4S. The third-order valence-electron chi connectivity index (χ3n) is 3.59. The first-order valence-electron chi connectivity index (χ1n) is 7.13. The van der Waals surface area contributed by atoms with Crippen LogP contribution in [0.2, 0.25) is 0 Å². The van der Waals surface area contributed by atoms with Crippen LogP contribution in [0.4, 0.5) is 0 Å². The summed E-state index contributed by atoms with van der Waals surface area (Å²) in [7, 11) is -3.55. The molecule has 1 fully saturated rings. The van der Waals surface area contributed by atoms with E-state index < -0.39 is 9.84 Å². The molecule has 0 amide bonds. The van der Waals surface area contributed by atoms with Crippen LogP contribution in [-0.4, -0.2) is 27.7 Å². The first-order valence-corrected chi connectivity index (χ1v) is 8.62. The van der Waals surface area contributed by atoms with Gasteiger partial charge in [-0.2, -0.15) is 0 Å². The van der Waals surface area contributed by atoms with Crippen LogP contribution in [0.25, 0.3) is 0 Å². The van der Waals surface area contributed by atoms with Crippen molar-refractivity contribution < 1.29 is 17.9 Å². The second-order valence-corrected chi connectivity index (χ2v) is 7.43. The van der Waals surface area contributed by atoms with Crippen LogP contribution in [0, 0.1) is 13.8 Å². The van der Waals surface area contributed by atoms with Crippen molar-refractivity contribution in [1.29, 1.82) is 0 Å². The third kappa shape index (κ3) is 3.15. The van der Waals surface area contributed by atoms with Gasteiger partial charge >= 0.3 is 0 Å². The van der Waals surface area contributed by atoms with E-state index in [1.165, 1.54) is 0 Å². The highest BCUT2D eigenvalue weighted by Gasteiger charge is 2.24. The van der Waals surface area contributed by atoms with Crippen LogP contribution in [0.15, 0.2) is 52.3 Å². The maximum Gasteiger partial charge on any atom is 0.206 e. The molecule has 0 aromatic heterocycles. The topological polar surface area (TPSA) is 55.9 Å². The van der Waals surface area contributed by atoms with Gasteiger partial charge in [-0.05, 0) is 49.2 Å². The van der Waals surface area contributed by atoms with E-state index in [0.717, 1.165) is 11.1 Å². The lowest BCUT2D eigenvalue weighted by Crippen LogP contribution is -2.07. The number of hydrogen-bond donors (Lipinski definition) is 0. The van der Waals surface area contributed by atoms with E-state index >= 15 is 0 Å². The van der Waals surface area contributed by atoms with Gasteiger partial charge in [0, 0.05) is 0 Å². The van der Waals surface area contributed by atoms with Gasteiger partial charge in [-0.1, -0.05) is 18.2 Å². The van der Waals surface area contributed by atoms with Crippen molar-refractivity contribution in [2.24, 2.45) is 0 Å². The molecule has 0 saturated carbocycles. The molecule has 2 aromatic rings. The van der Waals surface area contributed by atoms with E-state index in [-0.39, 0.29) is 11.0 Å². The minimum atomic E-state index is -3.55. The van der Waals surface area contributed by atoms with Crippen molar-refractivity contribution in [3.8, 4) is 5.75 Å². The van der Waals surface area contributed by atoms with Crippen molar-refractivity contribution in [2.45, 2.75) is 29.7 Å². The smallest absolute Gasteiger partial charge is 0.206 e. The lowest BCUT2D eigenvalue weighted by atomic mass is 10.2. The van der Waals surface area contributed by atoms with Gasteiger partial charge in [-0.3, -0.25) is 0 Å². The average molecular weight is 318 g/mol. The van der Waals surface area contributed by atoms with Gasteiger partial charge in [0.05, 0.1) is 16.4 Å². The van der Waals surface area contributed by atoms with E-state index in [1.807, 2.05) is 19.1 Å². The van der Waals surface area contributed by atoms with Crippen LogP contribution in [0.1, 0.15) is 11.1 Å². The van der Waals surface area contributed by atoms with Gasteiger partial charge in [0.25, 0.3) is 0 Å². The fourth-order valence-corrected chi connectivity index (χ4v) is 3.82. The van der Waals surface area contributed by atoms with Gasteiger partial charge in [0.1, 0.15) is 18.5 Å². The summed E-state index contributed by atoms with van der Waals surface area (Å²) in [6, 6.07) is 12.1. The SMILES string of the molecule is Cc1ccc(C)c(S(=O)(=O)c2cccc(OCC3CO3)c2)c1. The maximum absolute atomic E-state index is 12.8. The van der Waals surface area contributed by atoms with E-state index in [2.05, 4.69) is 0 Å². The molecule has 0 radical (unpaired) electrons. The Labute approximate surface area is 130 Å². The first-order chi connectivity index (χ1) is 10.5. The van der Waals surface area contributed by atoms with Crippen molar-refractivity contribution in [3.63, 3.8) is 0 Å². The largest absolute Gasteiger partial charge is 0.491 e. The molecule has 1 aliphatic heterocycles. The minimum absolute atomic E-state index is 0.138. The zero-order chi connectivity index (χ0) is 15.7. The molecule has 5 heteroatoms. The quantitative estimate of drug-likeness (QED) is 0.795. The molecule has 4 nitrogen and oxygen atoms in total. The molecule has 3 rings (SSSR count). The molecule has 116 valence electrons. The van der Waals surface area contributed by atoms with Crippen molar-refractivity contribution in [3.05, 3.63) is 53.6 Å². The molecular weight excluding hydrogens is 300 g/mol. The maximum atomic E-state index is 12.8. The Morgan fingerprint density at radius 1 is 1.18 bits per heavy atom. The molecule has 0 spiro atoms. The highest BCUT2D eigenvalue weighted by molar-refractivity contribution is 7.91. The summed E-state index contributed by atoms with van der Waals surface area (Å²) in [6.07, 6.45) is 0.138. The molecule has 1 atom stereocenters. The fourth-order valence-electron chi connectivity index (χ4n) is 2.21. The van der Waals surface area contributed by atoms with Gasteiger partial charge < -0.3 is 9.47 Å². The Morgan fingerprint density at radius 3 is 2.68 bits per heavy atom. The summed E-state index contributed by atoms with van der Waals surface area (Å²) in [5.74, 6) is 0.543. The lowest BCUT2D eigenvalue weighted by Gasteiger charge is -2.10. The Kier molecular flexibility index (Phi) is 3.93. The van der Waals surface area contributed by atoms with Crippen LogP contribution in [0.3, 0.4) is 0 Å². The number of benzene rings is 2. The Morgan fingerprint density at radius 2 is 1.95 bits per heavy atom. The van der Waals surface area contributed by atoms with E-state index in [4.69, 9.17) is 9.47 Å². The Bertz CT molecular complexity index is 792. The predicted octanol–water partition coefficient (Wildman–Crippen LogP) is 2.91. The predicted molar refractivity (Wildman–Crippen MR) is 83.0 cm³/mol. The van der Waals surface area contributed by atoms with Crippen molar-refractivity contribution >= 4 is 9.84 Å². The van der Waals surface area contributed by atoms with Gasteiger partial charge in [0.2, 0.25) is 9.84 Å². The number of aryl methyl sites for hydroxylation is 2. The number of ether oxygens (including phenoxy) is 2. The summed E-state index contributed by atoms with van der Waals surface area (Å²) in [6.45, 7) is 4.85. The number of rotatable bonds is 5. The molecule has 1 unspecified atom stereocenters. The van der Waals surface area contributed by atoms with Crippen molar-refractivity contribution in [2.75, 3.05) is 13.2 Å². The number of sulfone groups is 1. The highest BCUT2D eigenvalue weighted by Crippen LogP contribution is 2.27. The second kappa shape index (κ2) is 5.74. The number of hydrogen-bond acceptors (Lipinski definition) is 4. The lowest BCUT2D eigenvalue weighted by molar-refractivity contribution is 0.262. The van der Waals surface area contributed by atoms with E-state index in [1.54, 1.807) is 37.3 Å². The normalized spacial score (nSPS) is 17.3. The van der Waals surface area contributed by atoms with Gasteiger partial charge in [-0.25, -0.2) is 8.42 Å². The Balaban J connectivity index is 1.94. The fraction of sp³-hybridized carbons (Fsp3) is 0.294. The van der Waals surface area contributed by atoms with Crippen molar-refractivity contribution in [1.82, 2.24) is 0 Å². The van der Waals surface area contributed by atoms with E-state index in [0.29, 0.717) is 23.9 Å². The summed E-state index contributed by atoms with van der Waals surface area (Å²) < 4.78 is 36.3. The van der Waals surface area contributed by atoms with Crippen LogP contribution in [-0.2, 0) is 14.6 Å². The summed E-state index contributed by atoms with van der Waals surface area (Å²) in [4.78, 5) is 0.589. The summed E-state index contributed by atoms with van der Waals surface area (Å²) >= 11 is 0. The van der Waals surface area contributed by atoms with Gasteiger partial charge in [-0.15, -0.1) is 0 Å². The molecule has 22 heavy (non-hydrogen) atoms. The second-order valence-electron chi connectivity index (χ2n) is 5.51. The summed E-state index contributed by atoms with van der Waals surface area (Å²) in [5.41, 5.74) is 1.66. The van der Waals surface area contributed by atoms with Gasteiger partial charge in [0.15, 0.2) is 0 Å². The molecule has 0 N–H and O–H groups in total. The third-order valence-corrected chi connectivity index (χ3v) is 5.48. The first kappa shape index (κ1) is 15.1. The molecule has 0 aliphatic carbocycles. The molecule has 2 aromatic carbocycles. The van der Waals surface area contributed by atoms with Crippen LogP contribution >= 0.6 is 0 Å². The zero-order valence-electron chi connectivity index (χ0n) is 12.6. The Hall–Kier alpha value is -1.85. The zero-order valence-corrected chi connectivity index (χ0v) is 13.4.